The molecule has 0 nitrogen and oxygen atoms in total. The fraction of sp³-hybridized carbons (Fsp3) is 0. The summed E-state index contributed by atoms with van der Waals surface area (Å²) in [5.74, 6) is 2.02. The maximum Gasteiger partial charge on any atom is -0.0952 e. The molecule has 0 unspecified atom stereocenters. The van der Waals surface area contributed by atoms with Crippen molar-refractivity contribution in [2.75, 3.05) is 0 Å². The van der Waals surface area contributed by atoms with E-state index >= 15 is 0 Å². The number of hydrogen-bond acceptors (Lipinski definition) is 1. The normalized spacial score (nSPS) is 18.3. The Morgan fingerprint density at radius 1 is 1.83 bits per heavy atom. The fourth-order valence-corrected chi connectivity index (χ4v) is 0.802. The highest BCUT2D eigenvalue weighted by Crippen LogP contribution is 2.24. The van der Waals surface area contributed by atoms with Crippen LogP contribution in [0.15, 0.2) is 23.6 Å². The number of allylic oxidation sites excluding steroid dienone is 1. The van der Waals surface area contributed by atoms with E-state index in [0.717, 1.165) is 4.91 Å². The molecule has 0 fully saturated rings. The Morgan fingerprint density at radius 3 is 2.83 bits per heavy atom. The first-order chi connectivity index (χ1) is 2.89. The maximum atomic E-state index is 3.70. The van der Waals surface area contributed by atoms with Crippen LogP contribution in [0.25, 0.3) is 0 Å². The van der Waals surface area contributed by atoms with Crippen molar-refractivity contribution in [3.05, 3.63) is 29.4 Å². The topological polar surface area (TPSA) is 0 Å². The molecule has 0 saturated heterocycles. The molecule has 0 aliphatic carbocycles. The van der Waals surface area contributed by atoms with Gasteiger partial charge in [-0.2, -0.15) is 11.8 Å². The SMILES string of the molecule is C=C1C=C[CH-]S1. The Hall–Kier alpha value is -0.300. The van der Waals surface area contributed by atoms with Gasteiger partial charge in [-0.15, -0.1) is 6.58 Å². The van der Waals surface area contributed by atoms with Gasteiger partial charge in [-0.05, 0) is 0 Å². The highest BCUT2D eigenvalue weighted by Gasteiger charge is 1.79. The molecule has 0 amide bonds. The number of rotatable bonds is 0. The molecule has 0 aromatic heterocycles. The molecule has 6 heavy (non-hydrogen) atoms. The molecule has 1 aliphatic heterocycles. The maximum absolute atomic E-state index is 3.70. The predicted molar refractivity (Wildman–Crippen MR) is 30.2 cm³/mol. The van der Waals surface area contributed by atoms with E-state index < -0.39 is 0 Å². The Balaban J connectivity index is 2.59. The van der Waals surface area contributed by atoms with E-state index in [2.05, 4.69) is 6.58 Å². The van der Waals surface area contributed by atoms with Gasteiger partial charge >= 0.3 is 0 Å². The summed E-state index contributed by atoms with van der Waals surface area (Å²) in [5.41, 5.74) is 0. The van der Waals surface area contributed by atoms with Crippen molar-refractivity contribution < 1.29 is 0 Å². The van der Waals surface area contributed by atoms with Crippen molar-refractivity contribution in [1.29, 1.82) is 0 Å². The predicted octanol–water partition coefficient (Wildman–Crippen LogP) is 1.96. The molecule has 1 aliphatic rings. The van der Waals surface area contributed by atoms with Crippen molar-refractivity contribution in [1.82, 2.24) is 0 Å². The quantitative estimate of drug-likeness (QED) is 0.416. The van der Waals surface area contributed by atoms with Crippen LogP contribution in [0, 0.1) is 5.75 Å². The van der Waals surface area contributed by atoms with Gasteiger partial charge in [0, 0.05) is 0 Å². The van der Waals surface area contributed by atoms with Gasteiger partial charge in [0.2, 0.25) is 0 Å². The summed E-state index contributed by atoms with van der Waals surface area (Å²) < 4.78 is 0. The monoisotopic (exact) mass is 97.0 g/mol. The van der Waals surface area contributed by atoms with Crippen LogP contribution in [0.4, 0.5) is 0 Å². The third-order valence-corrected chi connectivity index (χ3v) is 1.31. The average molecular weight is 97.2 g/mol. The molecular formula is C5H5S-. The van der Waals surface area contributed by atoms with Gasteiger partial charge < -0.3 is 0 Å². The van der Waals surface area contributed by atoms with Crippen LogP contribution in [0.2, 0.25) is 0 Å². The Bertz CT molecular complexity index is 92.1. The lowest BCUT2D eigenvalue weighted by atomic mass is 10.5. The summed E-state index contributed by atoms with van der Waals surface area (Å²) in [7, 11) is 0. The molecule has 1 heterocycles. The summed E-state index contributed by atoms with van der Waals surface area (Å²) in [4.78, 5) is 1.13. The van der Waals surface area contributed by atoms with Crippen LogP contribution in [0.1, 0.15) is 0 Å². The van der Waals surface area contributed by atoms with Crippen molar-refractivity contribution in [2.45, 2.75) is 0 Å². The molecular weight excluding hydrogens is 92.1 g/mol. The zero-order chi connectivity index (χ0) is 4.41. The second-order valence-electron chi connectivity index (χ2n) is 1.08. The van der Waals surface area contributed by atoms with E-state index in [1.165, 1.54) is 0 Å². The molecule has 0 atom stereocenters. The van der Waals surface area contributed by atoms with Gasteiger partial charge in [-0.1, -0.05) is 4.91 Å². The zero-order valence-corrected chi connectivity index (χ0v) is 4.16. The van der Waals surface area contributed by atoms with E-state index in [4.69, 9.17) is 0 Å². The second kappa shape index (κ2) is 1.43. The van der Waals surface area contributed by atoms with Crippen molar-refractivity contribution >= 4 is 11.8 Å². The summed E-state index contributed by atoms with van der Waals surface area (Å²) in [5, 5.41) is 0. The Morgan fingerprint density at radius 2 is 2.67 bits per heavy atom. The molecule has 0 aromatic carbocycles. The summed E-state index contributed by atoms with van der Waals surface area (Å²) in [6, 6.07) is 0. The Kier molecular flexibility index (Phi) is 0.926. The van der Waals surface area contributed by atoms with Gasteiger partial charge in [0.1, 0.15) is 0 Å². The van der Waals surface area contributed by atoms with Crippen molar-refractivity contribution in [2.24, 2.45) is 0 Å². The minimum atomic E-state index is 1.13. The molecule has 0 N–H and O–H groups in total. The van der Waals surface area contributed by atoms with E-state index in [1.54, 1.807) is 11.8 Å². The van der Waals surface area contributed by atoms with Crippen molar-refractivity contribution in [3.8, 4) is 0 Å². The van der Waals surface area contributed by atoms with Gasteiger partial charge in [-0.3, -0.25) is 0 Å². The Labute approximate surface area is 41.9 Å². The lowest BCUT2D eigenvalue weighted by Crippen LogP contribution is -1.46. The third kappa shape index (κ3) is 0.601. The summed E-state index contributed by atoms with van der Waals surface area (Å²) >= 11 is 1.67. The number of hydrogen-bond donors (Lipinski definition) is 0. The largest absolute Gasteiger partial charge is 0.220 e. The van der Waals surface area contributed by atoms with Gasteiger partial charge in [0.05, 0.1) is 0 Å². The minimum Gasteiger partial charge on any atom is -0.220 e. The highest BCUT2D eigenvalue weighted by molar-refractivity contribution is 8.05. The molecule has 32 valence electrons. The standard InChI is InChI=1S/C5H5S/c1-5-3-2-4-6-5/h2-4H,1H2/q-1. The fourth-order valence-electron chi connectivity index (χ4n) is 0.313. The molecule has 1 heteroatoms. The first-order valence-electron chi connectivity index (χ1n) is 1.75. The lowest BCUT2D eigenvalue weighted by molar-refractivity contribution is 1.99. The smallest absolute Gasteiger partial charge is 0.0952 e. The lowest BCUT2D eigenvalue weighted by Gasteiger charge is -1.90. The van der Waals surface area contributed by atoms with E-state index in [1.807, 2.05) is 17.9 Å². The van der Waals surface area contributed by atoms with Crippen LogP contribution >= 0.6 is 11.8 Å². The van der Waals surface area contributed by atoms with Crippen LogP contribution in [-0.2, 0) is 0 Å². The second-order valence-corrected chi connectivity index (χ2v) is 2.11. The van der Waals surface area contributed by atoms with Crippen LogP contribution < -0.4 is 0 Å². The van der Waals surface area contributed by atoms with Crippen LogP contribution in [0.5, 0.6) is 0 Å². The van der Waals surface area contributed by atoms with Gasteiger partial charge in [0.25, 0.3) is 0 Å². The molecule has 0 spiro atoms. The third-order valence-electron chi connectivity index (χ3n) is 0.580. The molecule has 1 rings (SSSR count). The zero-order valence-electron chi connectivity index (χ0n) is 3.35. The van der Waals surface area contributed by atoms with Crippen LogP contribution in [-0.4, -0.2) is 0 Å². The van der Waals surface area contributed by atoms with E-state index in [9.17, 15) is 0 Å². The minimum absolute atomic E-state index is 1.13. The molecule has 0 radical (unpaired) electrons. The highest BCUT2D eigenvalue weighted by atomic mass is 32.2. The summed E-state index contributed by atoms with van der Waals surface area (Å²) in [6.45, 7) is 3.70. The molecule has 0 aromatic rings. The number of thioether (sulfide) groups is 1. The molecule has 0 bridgehead atoms. The van der Waals surface area contributed by atoms with Gasteiger partial charge in [0.15, 0.2) is 0 Å². The van der Waals surface area contributed by atoms with E-state index in [-0.39, 0.29) is 0 Å². The van der Waals surface area contributed by atoms with Crippen LogP contribution in [0.3, 0.4) is 0 Å². The first-order valence-corrected chi connectivity index (χ1v) is 2.63. The average Bonchev–Trinajstić information content (AvgIpc) is 1.86. The summed E-state index contributed by atoms with van der Waals surface area (Å²) in [6.07, 6.45) is 3.98. The first kappa shape index (κ1) is 3.88. The van der Waals surface area contributed by atoms with E-state index in [0.29, 0.717) is 0 Å². The van der Waals surface area contributed by atoms with Gasteiger partial charge in [-0.25, -0.2) is 17.8 Å². The molecule has 0 saturated carbocycles. The van der Waals surface area contributed by atoms with Crippen molar-refractivity contribution in [3.63, 3.8) is 0 Å².